The largest absolute Gasteiger partial charge is 0.497 e. The minimum atomic E-state index is 0.105. The molecular formula is C22H30N2O3S. The number of thioether (sulfide) groups is 1. The van der Waals surface area contributed by atoms with E-state index in [2.05, 4.69) is 12.1 Å². The van der Waals surface area contributed by atoms with Crippen LogP contribution in [0.5, 0.6) is 5.75 Å². The third-order valence-electron chi connectivity index (χ3n) is 6.34. The highest BCUT2D eigenvalue weighted by atomic mass is 32.2. The third kappa shape index (κ3) is 4.48. The number of methoxy groups -OCH3 is 1. The quantitative estimate of drug-likeness (QED) is 0.734. The molecule has 1 saturated heterocycles. The molecule has 3 aliphatic rings. The van der Waals surface area contributed by atoms with Crippen molar-refractivity contribution in [1.82, 2.24) is 9.80 Å². The number of rotatable bonds is 6. The Morgan fingerprint density at radius 3 is 2.32 bits per heavy atom. The van der Waals surface area contributed by atoms with Gasteiger partial charge in [-0.25, -0.2) is 0 Å². The van der Waals surface area contributed by atoms with E-state index in [-0.39, 0.29) is 17.7 Å². The van der Waals surface area contributed by atoms with Crippen LogP contribution in [0.3, 0.4) is 0 Å². The molecule has 1 heterocycles. The van der Waals surface area contributed by atoms with Gasteiger partial charge < -0.3 is 14.5 Å². The van der Waals surface area contributed by atoms with E-state index in [4.69, 9.17) is 4.74 Å². The Kier molecular flexibility index (Phi) is 6.14. The van der Waals surface area contributed by atoms with Gasteiger partial charge in [-0.05, 0) is 42.9 Å². The number of benzene rings is 1. The van der Waals surface area contributed by atoms with E-state index in [9.17, 15) is 9.59 Å². The highest BCUT2D eigenvalue weighted by molar-refractivity contribution is 8.00. The molecule has 3 fully saturated rings. The van der Waals surface area contributed by atoms with Gasteiger partial charge in [0.1, 0.15) is 5.75 Å². The van der Waals surface area contributed by atoms with Crippen molar-refractivity contribution in [2.24, 2.45) is 5.92 Å². The predicted molar refractivity (Wildman–Crippen MR) is 112 cm³/mol. The number of carbonyl (C=O) groups excluding carboxylic acids is 2. The Morgan fingerprint density at radius 1 is 1.04 bits per heavy atom. The number of hydrogen-bond acceptors (Lipinski definition) is 4. The molecule has 2 saturated carbocycles. The molecule has 0 bridgehead atoms. The van der Waals surface area contributed by atoms with Crippen LogP contribution in [-0.2, 0) is 9.59 Å². The van der Waals surface area contributed by atoms with Gasteiger partial charge in [0.2, 0.25) is 11.8 Å². The molecule has 2 amide bonds. The fourth-order valence-corrected chi connectivity index (χ4v) is 5.66. The standard InChI is InChI=1S/C22H30N2O3S/c1-27-17-8-6-16(7-9-17)19-14-20(19)22(26)24-12-10-23(11-13-24)21(25)15-28-18-4-2-3-5-18/h6-9,18-20H,2-5,10-15H2,1H3/t19-,20+/m1/s1. The van der Waals surface area contributed by atoms with Crippen LogP contribution in [0.25, 0.3) is 0 Å². The molecule has 4 rings (SSSR count). The second-order valence-electron chi connectivity index (χ2n) is 8.15. The maximum atomic E-state index is 12.8. The normalized spacial score (nSPS) is 25.0. The average Bonchev–Trinajstić information content (AvgIpc) is 3.37. The van der Waals surface area contributed by atoms with Crippen LogP contribution in [0, 0.1) is 5.92 Å². The molecule has 2 atom stereocenters. The van der Waals surface area contributed by atoms with E-state index in [0.29, 0.717) is 43.1 Å². The van der Waals surface area contributed by atoms with Gasteiger partial charge in [0.25, 0.3) is 0 Å². The number of amides is 2. The van der Waals surface area contributed by atoms with Gasteiger partial charge in [-0.2, -0.15) is 0 Å². The molecule has 0 radical (unpaired) electrons. The van der Waals surface area contributed by atoms with Crippen molar-refractivity contribution in [3.05, 3.63) is 29.8 Å². The Hall–Kier alpha value is -1.69. The summed E-state index contributed by atoms with van der Waals surface area (Å²) in [6.07, 6.45) is 6.08. The van der Waals surface area contributed by atoms with Gasteiger partial charge in [0.05, 0.1) is 12.9 Å². The molecular weight excluding hydrogens is 372 g/mol. The lowest BCUT2D eigenvalue weighted by molar-refractivity contribution is -0.139. The minimum absolute atomic E-state index is 0.105. The zero-order valence-electron chi connectivity index (χ0n) is 16.6. The predicted octanol–water partition coefficient (Wildman–Crippen LogP) is 3.15. The van der Waals surface area contributed by atoms with Gasteiger partial charge in [-0.3, -0.25) is 9.59 Å². The fraction of sp³-hybridized carbons (Fsp3) is 0.636. The van der Waals surface area contributed by atoms with Gasteiger partial charge in [-0.15, -0.1) is 11.8 Å². The zero-order chi connectivity index (χ0) is 19.5. The summed E-state index contributed by atoms with van der Waals surface area (Å²) < 4.78 is 5.21. The number of piperazine rings is 1. The van der Waals surface area contributed by atoms with Crippen LogP contribution in [0.2, 0.25) is 0 Å². The van der Waals surface area contributed by atoms with Crippen LogP contribution in [0.15, 0.2) is 24.3 Å². The number of ether oxygens (including phenoxy) is 1. The molecule has 6 heteroatoms. The minimum Gasteiger partial charge on any atom is -0.497 e. The average molecular weight is 403 g/mol. The first-order valence-corrected chi connectivity index (χ1v) is 11.5. The third-order valence-corrected chi connectivity index (χ3v) is 7.70. The first kappa shape index (κ1) is 19.6. The first-order valence-electron chi connectivity index (χ1n) is 10.5. The lowest BCUT2D eigenvalue weighted by Crippen LogP contribution is -2.51. The molecule has 1 aromatic rings. The summed E-state index contributed by atoms with van der Waals surface area (Å²) in [5, 5.41) is 0.677. The molecule has 152 valence electrons. The molecule has 0 unspecified atom stereocenters. The summed E-state index contributed by atoms with van der Waals surface area (Å²) in [6, 6.07) is 8.05. The van der Waals surface area contributed by atoms with Gasteiger partial charge in [0, 0.05) is 37.3 Å². The maximum Gasteiger partial charge on any atom is 0.232 e. The molecule has 0 N–H and O–H groups in total. The first-order chi connectivity index (χ1) is 13.7. The Balaban J connectivity index is 1.21. The Bertz CT molecular complexity index is 694. The van der Waals surface area contributed by atoms with Gasteiger partial charge in [-0.1, -0.05) is 25.0 Å². The van der Waals surface area contributed by atoms with Crippen LogP contribution in [0.1, 0.15) is 43.6 Å². The summed E-state index contributed by atoms with van der Waals surface area (Å²) >= 11 is 1.83. The maximum absolute atomic E-state index is 12.8. The van der Waals surface area contributed by atoms with Crippen LogP contribution >= 0.6 is 11.8 Å². The van der Waals surface area contributed by atoms with E-state index in [1.807, 2.05) is 33.7 Å². The molecule has 1 aliphatic heterocycles. The van der Waals surface area contributed by atoms with Crippen molar-refractivity contribution in [3.63, 3.8) is 0 Å². The molecule has 5 nitrogen and oxygen atoms in total. The van der Waals surface area contributed by atoms with E-state index < -0.39 is 0 Å². The summed E-state index contributed by atoms with van der Waals surface area (Å²) in [4.78, 5) is 29.2. The van der Waals surface area contributed by atoms with Crippen LogP contribution in [0.4, 0.5) is 0 Å². The topological polar surface area (TPSA) is 49.9 Å². The van der Waals surface area contributed by atoms with Crippen LogP contribution in [-0.4, -0.2) is 65.9 Å². The number of hydrogen-bond donors (Lipinski definition) is 0. The van der Waals surface area contributed by atoms with Crippen LogP contribution < -0.4 is 4.74 Å². The lowest BCUT2D eigenvalue weighted by atomic mass is 10.1. The summed E-state index contributed by atoms with van der Waals surface area (Å²) in [6.45, 7) is 2.69. The van der Waals surface area contributed by atoms with Gasteiger partial charge in [0.15, 0.2) is 0 Å². The zero-order valence-corrected chi connectivity index (χ0v) is 17.5. The molecule has 28 heavy (non-hydrogen) atoms. The second-order valence-corrected chi connectivity index (χ2v) is 9.43. The molecule has 1 aromatic carbocycles. The SMILES string of the molecule is COc1ccc([C@H]2C[C@@H]2C(=O)N2CCN(C(=O)CSC3CCCC3)CC2)cc1. The summed E-state index contributed by atoms with van der Waals surface area (Å²) in [5.41, 5.74) is 1.22. The number of nitrogens with zero attached hydrogens (tertiary/aromatic N) is 2. The lowest BCUT2D eigenvalue weighted by Gasteiger charge is -2.35. The number of carbonyl (C=O) groups is 2. The van der Waals surface area contributed by atoms with Crippen molar-refractivity contribution in [3.8, 4) is 5.75 Å². The van der Waals surface area contributed by atoms with E-state index in [1.54, 1.807) is 7.11 Å². The monoisotopic (exact) mass is 402 g/mol. The van der Waals surface area contributed by atoms with E-state index in [1.165, 1.54) is 31.2 Å². The fourth-order valence-electron chi connectivity index (χ4n) is 4.43. The van der Waals surface area contributed by atoms with Crippen molar-refractivity contribution >= 4 is 23.6 Å². The van der Waals surface area contributed by atoms with Crippen molar-refractivity contribution in [2.75, 3.05) is 39.0 Å². The van der Waals surface area contributed by atoms with Crippen molar-refractivity contribution in [1.29, 1.82) is 0 Å². The molecule has 0 spiro atoms. The molecule has 2 aliphatic carbocycles. The highest BCUT2D eigenvalue weighted by Gasteiger charge is 2.46. The van der Waals surface area contributed by atoms with Crippen molar-refractivity contribution < 1.29 is 14.3 Å². The summed E-state index contributed by atoms with van der Waals surface area (Å²) in [5.74, 6) is 2.38. The Labute approximate surface area is 171 Å². The summed E-state index contributed by atoms with van der Waals surface area (Å²) in [7, 11) is 1.66. The van der Waals surface area contributed by atoms with Crippen molar-refractivity contribution in [2.45, 2.75) is 43.3 Å². The molecule has 0 aromatic heterocycles. The van der Waals surface area contributed by atoms with E-state index in [0.717, 1.165) is 12.2 Å². The van der Waals surface area contributed by atoms with E-state index >= 15 is 0 Å². The smallest absolute Gasteiger partial charge is 0.232 e. The van der Waals surface area contributed by atoms with Gasteiger partial charge >= 0.3 is 0 Å². The highest BCUT2D eigenvalue weighted by Crippen LogP contribution is 2.48. The second kappa shape index (κ2) is 8.76. The Morgan fingerprint density at radius 2 is 1.68 bits per heavy atom.